The van der Waals surface area contributed by atoms with E-state index in [-0.39, 0.29) is 28.9 Å². The van der Waals surface area contributed by atoms with Crippen molar-refractivity contribution in [3.63, 3.8) is 0 Å². The minimum absolute atomic E-state index is 0.0374. The van der Waals surface area contributed by atoms with Crippen LogP contribution in [0.3, 0.4) is 0 Å². The predicted molar refractivity (Wildman–Crippen MR) is 114 cm³/mol. The zero-order valence-corrected chi connectivity index (χ0v) is 17.4. The maximum Gasteiger partial charge on any atom is 0.490 e. The molecule has 0 radical (unpaired) electrons. The number of benzene rings is 2. The molecule has 0 unspecified atom stereocenters. The fourth-order valence-corrected chi connectivity index (χ4v) is 4.11. The summed E-state index contributed by atoms with van der Waals surface area (Å²) in [5.41, 5.74) is 1.47. The smallest absolute Gasteiger partial charge is 0.423 e. The molecular weight excluding hydrogens is 426 g/mol. The highest BCUT2D eigenvalue weighted by molar-refractivity contribution is 6.61. The van der Waals surface area contributed by atoms with Crippen molar-refractivity contribution in [2.24, 2.45) is 0 Å². The lowest BCUT2D eigenvalue weighted by Gasteiger charge is -2.29. The van der Waals surface area contributed by atoms with Gasteiger partial charge in [0.1, 0.15) is 12.4 Å². The van der Waals surface area contributed by atoms with Crippen molar-refractivity contribution >= 4 is 29.3 Å². The Hall–Kier alpha value is -2.60. The number of hydrogen-bond donors (Lipinski definition) is 3. The Morgan fingerprint density at radius 2 is 1.88 bits per heavy atom. The van der Waals surface area contributed by atoms with Crippen molar-refractivity contribution in [1.82, 2.24) is 9.55 Å². The minimum atomic E-state index is -4.48. The van der Waals surface area contributed by atoms with Gasteiger partial charge < -0.3 is 29.4 Å². The Labute approximate surface area is 182 Å². The Balaban J connectivity index is 1.86. The summed E-state index contributed by atoms with van der Waals surface area (Å²) in [4.78, 5) is 6.39. The molecule has 1 aliphatic rings. The summed E-state index contributed by atoms with van der Waals surface area (Å²) in [7, 11) is -1.80. The van der Waals surface area contributed by atoms with Gasteiger partial charge in [-0.1, -0.05) is 12.1 Å². The fourth-order valence-electron chi connectivity index (χ4n) is 4.11. The molecule has 32 heavy (non-hydrogen) atoms. The average Bonchev–Trinajstić information content (AvgIpc) is 3.11. The fraction of sp³-hybridized carbons (Fsp3) is 0.381. The van der Waals surface area contributed by atoms with Crippen LogP contribution in [0.2, 0.25) is 0 Å². The van der Waals surface area contributed by atoms with Gasteiger partial charge in [0.25, 0.3) is 0 Å². The Morgan fingerprint density at radius 1 is 1.16 bits per heavy atom. The number of anilines is 1. The first kappa shape index (κ1) is 22.6. The van der Waals surface area contributed by atoms with Crippen LogP contribution in [0.5, 0.6) is 0 Å². The number of halogens is 3. The van der Waals surface area contributed by atoms with Gasteiger partial charge in [0.15, 0.2) is 0 Å². The van der Waals surface area contributed by atoms with Crippen LogP contribution in [0.1, 0.15) is 22.5 Å². The number of imidazole rings is 1. The number of hydrogen-bond acceptors (Lipinski definition) is 6. The third-order valence-corrected chi connectivity index (χ3v) is 5.82. The lowest BCUT2D eigenvalue weighted by molar-refractivity contribution is -0.138. The zero-order chi connectivity index (χ0) is 23.0. The largest absolute Gasteiger partial charge is 0.490 e. The van der Waals surface area contributed by atoms with Crippen LogP contribution in [0.15, 0.2) is 30.3 Å². The van der Waals surface area contributed by atoms with Crippen molar-refractivity contribution in [3.05, 3.63) is 52.8 Å². The van der Waals surface area contributed by atoms with E-state index in [9.17, 15) is 28.3 Å². The van der Waals surface area contributed by atoms with Crippen molar-refractivity contribution in [2.45, 2.75) is 26.3 Å². The van der Waals surface area contributed by atoms with Gasteiger partial charge in [-0.3, -0.25) is 0 Å². The van der Waals surface area contributed by atoms with Gasteiger partial charge in [-0.15, -0.1) is 0 Å². The summed E-state index contributed by atoms with van der Waals surface area (Å²) in [6.45, 7) is 3.27. The number of nitrogens with zero attached hydrogens (tertiary/aromatic N) is 3. The van der Waals surface area contributed by atoms with Crippen molar-refractivity contribution in [1.29, 1.82) is 0 Å². The molecule has 170 valence electrons. The molecule has 0 spiro atoms. The lowest BCUT2D eigenvalue weighted by Crippen LogP contribution is -2.38. The molecule has 3 N–H and O–H groups in total. The number of aromatic nitrogens is 2. The van der Waals surface area contributed by atoms with Gasteiger partial charge >= 0.3 is 13.3 Å². The Bertz CT molecular complexity index is 1130. The lowest BCUT2D eigenvalue weighted by atomic mass is 9.79. The molecule has 2 aromatic carbocycles. The van der Waals surface area contributed by atoms with Gasteiger partial charge in [-0.05, 0) is 36.2 Å². The maximum absolute atomic E-state index is 13.4. The molecule has 0 atom stereocenters. The van der Waals surface area contributed by atoms with E-state index in [1.54, 1.807) is 16.7 Å². The number of ether oxygens (including phenoxy) is 1. The molecule has 0 amide bonds. The molecule has 1 aliphatic heterocycles. The van der Waals surface area contributed by atoms with Gasteiger partial charge in [0.2, 0.25) is 0 Å². The van der Waals surface area contributed by atoms with E-state index in [1.807, 2.05) is 11.0 Å². The second-order valence-electron chi connectivity index (χ2n) is 7.74. The predicted octanol–water partition coefficient (Wildman–Crippen LogP) is 1.42. The number of aliphatic hydroxyl groups is 1. The number of fused-ring (bicyclic) bond motifs is 1. The van der Waals surface area contributed by atoms with E-state index in [1.165, 1.54) is 13.0 Å². The van der Waals surface area contributed by atoms with Gasteiger partial charge in [-0.25, -0.2) is 4.98 Å². The van der Waals surface area contributed by atoms with E-state index >= 15 is 0 Å². The van der Waals surface area contributed by atoms with E-state index in [4.69, 9.17) is 4.74 Å². The van der Waals surface area contributed by atoms with Crippen LogP contribution < -0.4 is 10.4 Å². The van der Waals surface area contributed by atoms with Crippen molar-refractivity contribution in [2.75, 3.05) is 31.2 Å². The average molecular weight is 449 g/mol. The Morgan fingerprint density at radius 3 is 2.50 bits per heavy atom. The highest BCUT2D eigenvalue weighted by atomic mass is 19.4. The van der Waals surface area contributed by atoms with Crippen molar-refractivity contribution < 1.29 is 33.1 Å². The maximum atomic E-state index is 13.4. The number of alkyl halides is 3. The summed E-state index contributed by atoms with van der Waals surface area (Å²) in [5.74, 6) is 0.220. The molecule has 1 fully saturated rings. The highest BCUT2D eigenvalue weighted by Crippen LogP contribution is 2.33. The SMILES string of the molecule is Cc1c(Cn2c(CO)nc3c(B(O)O)cc(N4CCOCC4)cc32)cccc1C(F)(F)F. The molecule has 1 saturated heterocycles. The van der Waals surface area contributed by atoms with Gasteiger partial charge in [0, 0.05) is 30.8 Å². The topological polar surface area (TPSA) is 91.0 Å². The van der Waals surface area contributed by atoms with E-state index in [0.717, 1.165) is 11.8 Å². The van der Waals surface area contributed by atoms with Crippen molar-refractivity contribution in [3.8, 4) is 0 Å². The third-order valence-electron chi connectivity index (χ3n) is 5.82. The number of morpholine rings is 1. The molecule has 7 nitrogen and oxygen atoms in total. The highest BCUT2D eigenvalue weighted by Gasteiger charge is 2.33. The minimum Gasteiger partial charge on any atom is -0.423 e. The molecule has 3 aromatic rings. The summed E-state index contributed by atoms with van der Waals surface area (Å²) in [5, 5.41) is 29.8. The standard InChI is InChI=1S/C21H23BF3N3O4/c1-13-14(3-2-4-16(13)21(23,24)25)11-28-18-10-15(27-5-7-32-8-6-27)9-17(22(30)31)20(18)26-19(28)12-29/h2-4,9-10,29-31H,5-8,11-12H2,1H3. The molecular formula is C21H23BF3N3O4. The van der Waals surface area contributed by atoms with Crippen LogP contribution in [-0.2, 0) is 24.1 Å². The quantitative estimate of drug-likeness (QED) is 0.511. The number of rotatable bonds is 5. The van der Waals surface area contributed by atoms with Crippen LogP contribution in [0.4, 0.5) is 18.9 Å². The third kappa shape index (κ3) is 4.21. The second kappa shape index (κ2) is 8.74. The van der Waals surface area contributed by atoms with Gasteiger partial charge in [0.05, 0.1) is 29.8 Å². The van der Waals surface area contributed by atoms with E-state index in [0.29, 0.717) is 37.4 Å². The summed E-state index contributed by atoms with van der Waals surface area (Å²) in [6.07, 6.45) is -4.48. The molecule has 0 saturated carbocycles. The molecule has 0 aliphatic carbocycles. The monoisotopic (exact) mass is 449 g/mol. The zero-order valence-electron chi connectivity index (χ0n) is 17.4. The van der Waals surface area contributed by atoms with Gasteiger partial charge in [-0.2, -0.15) is 13.2 Å². The summed E-state index contributed by atoms with van der Waals surface area (Å²) >= 11 is 0. The van der Waals surface area contributed by atoms with Crippen LogP contribution in [0, 0.1) is 6.92 Å². The first-order valence-corrected chi connectivity index (χ1v) is 10.2. The normalized spacial score (nSPS) is 14.9. The molecule has 2 heterocycles. The van der Waals surface area contributed by atoms with E-state index < -0.39 is 25.5 Å². The van der Waals surface area contributed by atoms with Crippen LogP contribution in [0.25, 0.3) is 11.0 Å². The Kier molecular flexibility index (Phi) is 6.17. The molecule has 4 rings (SSSR count). The molecule has 1 aromatic heterocycles. The molecule has 0 bridgehead atoms. The first-order chi connectivity index (χ1) is 15.2. The van der Waals surface area contributed by atoms with E-state index in [2.05, 4.69) is 4.98 Å². The second-order valence-corrected chi connectivity index (χ2v) is 7.74. The number of aliphatic hydroxyl groups excluding tert-OH is 1. The first-order valence-electron chi connectivity index (χ1n) is 10.2. The van der Waals surface area contributed by atoms with Crippen LogP contribution >= 0.6 is 0 Å². The van der Waals surface area contributed by atoms with Crippen LogP contribution in [-0.4, -0.2) is 58.1 Å². The molecule has 11 heteroatoms. The summed E-state index contributed by atoms with van der Waals surface area (Å²) < 4.78 is 47.1. The summed E-state index contributed by atoms with van der Waals surface area (Å²) in [6, 6.07) is 7.43.